The number of sulfone groups is 1. The summed E-state index contributed by atoms with van der Waals surface area (Å²) in [5.74, 6) is -1.02. The Morgan fingerprint density at radius 1 is 1.07 bits per heavy atom. The highest BCUT2D eigenvalue weighted by molar-refractivity contribution is 7.92. The van der Waals surface area contributed by atoms with E-state index in [1.807, 2.05) is 0 Å². The molecule has 3 aromatic rings. The lowest BCUT2D eigenvalue weighted by Crippen LogP contribution is -2.25. The molecule has 0 aliphatic heterocycles. The second-order valence-corrected chi connectivity index (χ2v) is 9.43. The maximum absolute atomic E-state index is 12.9. The number of amides is 1. The minimum absolute atomic E-state index is 0.00733. The molecule has 1 saturated carbocycles. The molecule has 1 fully saturated rings. The van der Waals surface area contributed by atoms with Crippen molar-refractivity contribution in [3.05, 3.63) is 58.6 Å². The molecular weight excluding hydrogens is 435 g/mol. The maximum Gasteiger partial charge on any atom is 0.250 e. The lowest BCUT2D eigenvalue weighted by atomic mass is 10.2. The molecule has 0 atom stereocenters. The molecule has 1 aliphatic carbocycles. The number of carbonyl (C=O) groups excluding carboxylic acids is 1. The highest BCUT2D eigenvalue weighted by atomic mass is 35.5. The van der Waals surface area contributed by atoms with Crippen LogP contribution in [0, 0.1) is 0 Å². The lowest BCUT2D eigenvalue weighted by molar-refractivity contribution is -0.113. The zero-order valence-corrected chi connectivity index (χ0v) is 17.4. The molecule has 1 amide bonds. The number of anilines is 1. The van der Waals surface area contributed by atoms with Crippen LogP contribution in [0.2, 0.25) is 10.0 Å². The van der Waals surface area contributed by atoms with E-state index in [9.17, 15) is 13.2 Å². The van der Waals surface area contributed by atoms with Crippen molar-refractivity contribution in [1.29, 1.82) is 0 Å². The van der Waals surface area contributed by atoms with E-state index >= 15 is 0 Å². The molecule has 150 valence electrons. The SMILES string of the molecule is O=C(CS(=O)(=O)c1nnc(-c2ccc(Cl)cc2)n1C1CC1)Nc1ccccc1Cl. The normalized spacial score (nSPS) is 14.0. The summed E-state index contributed by atoms with van der Waals surface area (Å²) in [5, 5.41) is 11.2. The molecule has 0 bridgehead atoms. The van der Waals surface area contributed by atoms with E-state index in [2.05, 4.69) is 15.5 Å². The molecular formula is C19H16Cl2N4O3S. The molecule has 1 aromatic heterocycles. The van der Waals surface area contributed by atoms with E-state index in [1.54, 1.807) is 53.1 Å². The average Bonchev–Trinajstić information content (AvgIpc) is 3.41. The predicted molar refractivity (Wildman–Crippen MR) is 111 cm³/mol. The van der Waals surface area contributed by atoms with E-state index in [1.165, 1.54) is 0 Å². The Balaban J connectivity index is 1.62. The van der Waals surface area contributed by atoms with E-state index < -0.39 is 21.5 Å². The summed E-state index contributed by atoms with van der Waals surface area (Å²) in [7, 11) is -4.02. The third kappa shape index (κ3) is 4.29. The summed E-state index contributed by atoms with van der Waals surface area (Å²) in [6.45, 7) is 0. The van der Waals surface area contributed by atoms with Crippen molar-refractivity contribution in [2.24, 2.45) is 0 Å². The quantitative estimate of drug-likeness (QED) is 0.612. The number of benzene rings is 2. The van der Waals surface area contributed by atoms with Gasteiger partial charge < -0.3 is 5.32 Å². The smallest absolute Gasteiger partial charge is 0.250 e. The minimum atomic E-state index is -4.02. The first-order chi connectivity index (χ1) is 13.8. The summed E-state index contributed by atoms with van der Waals surface area (Å²) < 4.78 is 27.5. The fraction of sp³-hybridized carbons (Fsp3) is 0.211. The molecule has 7 nitrogen and oxygen atoms in total. The first-order valence-electron chi connectivity index (χ1n) is 8.83. The topological polar surface area (TPSA) is 93.9 Å². The molecule has 1 N–H and O–H groups in total. The Morgan fingerprint density at radius 3 is 2.41 bits per heavy atom. The predicted octanol–water partition coefficient (Wildman–Crippen LogP) is 4.00. The Morgan fingerprint density at radius 2 is 1.76 bits per heavy atom. The van der Waals surface area contributed by atoms with Gasteiger partial charge in [-0.2, -0.15) is 0 Å². The molecule has 2 aromatic carbocycles. The number of nitrogens with zero attached hydrogens (tertiary/aromatic N) is 3. The summed E-state index contributed by atoms with van der Waals surface area (Å²) in [6.07, 6.45) is 1.65. The highest BCUT2D eigenvalue weighted by Crippen LogP contribution is 2.40. The lowest BCUT2D eigenvalue weighted by Gasteiger charge is -2.10. The van der Waals surface area contributed by atoms with Gasteiger partial charge in [-0.3, -0.25) is 9.36 Å². The van der Waals surface area contributed by atoms with Gasteiger partial charge in [-0.25, -0.2) is 8.42 Å². The van der Waals surface area contributed by atoms with Crippen molar-refractivity contribution < 1.29 is 13.2 Å². The number of hydrogen-bond donors (Lipinski definition) is 1. The molecule has 1 heterocycles. The number of rotatable bonds is 6. The minimum Gasteiger partial charge on any atom is -0.324 e. The second kappa shape index (κ2) is 7.78. The van der Waals surface area contributed by atoms with Crippen LogP contribution in [0.25, 0.3) is 11.4 Å². The van der Waals surface area contributed by atoms with Gasteiger partial charge in [0.15, 0.2) is 5.82 Å². The third-order valence-electron chi connectivity index (χ3n) is 4.43. The summed E-state index contributed by atoms with van der Waals surface area (Å²) in [4.78, 5) is 12.3. The Hall–Kier alpha value is -2.42. The van der Waals surface area contributed by atoms with Gasteiger partial charge >= 0.3 is 0 Å². The zero-order chi connectivity index (χ0) is 20.6. The van der Waals surface area contributed by atoms with Crippen LogP contribution in [0.4, 0.5) is 5.69 Å². The zero-order valence-electron chi connectivity index (χ0n) is 15.0. The van der Waals surface area contributed by atoms with Crippen LogP contribution in [0.3, 0.4) is 0 Å². The summed E-state index contributed by atoms with van der Waals surface area (Å²) in [6, 6.07) is 13.5. The number of aromatic nitrogens is 3. The van der Waals surface area contributed by atoms with Gasteiger partial charge in [-0.05, 0) is 49.2 Å². The Kier molecular flexibility index (Phi) is 5.33. The van der Waals surface area contributed by atoms with Crippen LogP contribution in [0.15, 0.2) is 53.7 Å². The molecule has 0 spiro atoms. The monoisotopic (exact) mass is 450 g/mol. The Bertz CT molecular complexity index is 1170. The van der Waals surface area contributed by atoms with Gasteiger partial charge in [0.25, 0.3) is 5.16 Å². The number of nitrogens with one attached hydrogen (secondary N) is 1. The van der Waals surface area contributed by atoms with Crippen molar-refractivity contribution in [2.75, 3.05) is 11.1 Å². The number of halogens is 2. The van der Waals surface area contributed by atoms with Crippen molar-refractivity contribution in [1.82, 2.24) is 14.8 Å². The van der Waals surface area contributed by atoms with Gasteiger partial charge in [0.1, 0.15) is 5.75 Å². The fourth-order valence-electron chi connectivity index (χ4n) is 2.93. The highest BCUT2D eigenvalue weighted by Gasteiger charge is 2.35. The number of para-hydroxylation sites is 1. The molecule has 0 unspecified atom stereocenters. The molecule has 0 radical (unpaired) electrons. The number of hydrogen-bond acceptors (Lipinski definition) is 5. The van der Waals surface area contributed by atoms with Gasteiger partial charge in [0.05, 0.1) is 10.7 Å². The van der Waals surface area contributed by atoms with E-state index in [0.29, 0.717) is 27.1 Å². The summed E-state index contributed by atoms with van der Waals surface area (Å²) in [5.41, 5.74) is 1.05. The van der Waals surface area contributed by atoms with Gasteiger partial charge in [-0.15, -0.1) is 10.2 Å². The van der Waals surface area contributed by atoms with Crippen LogP contribution >= 0.6 is 23.2 Å². The van der Waals surface area contributed by atoms with E-state index in [0.717, 1.165) is 12.8 Å². The van der Waals surface area contributed by atoms with Crippen LogP contribution < -0.4 is 5.32 Å². The molecule has 0 saturated heterocycles. The molecule has 1 aliphatic rings. The molecule has 4 rings (SSSR count). The maximum atomic E-state index is 12.9. The Labute approximate surface area is 177 Å². The fourth-order valence-corrected chi connectivity index (χ4v) is 4.49. The van der Waals surface area contributed by atoms with Crippen LogP contribution in [0.1, 0.15) is 18.9 Å². The standard InChI is InChI=1S/C19H16Cl2N4O3S/c20-13-7-5-12(6-8-13)18-23-24-19(25(18)14-9-10-14)29(27,28)11-17(26)22-16-4-2-1-3-15(16)21/h1-8,14H,9-11H2,(H,22,26). The van der Waals surface area contributed by atoms with Gasteiger partial charge in [0, 0.05) is 16.6 Å². The average molecular weight is 451 g/mol. The van der Waals surface area contributed by atoms with E-state index in [4.69, 9.17) is 23.2 Å². The first kappa shape index (κ1) is 19.9. The van der Waals surface area contributed by atoms with Crippen LogP contribution in [-0.4, -0.2) is 34.8 Å². The van der Waals surface area contributed by atoms with Gasteiger partial charge in [-0.1, -0.05) is 35.3 Å². The largest absolute Gasteiger partial charge is 0.324 e. The number of carbonyl (C=O) groups is 1. The van der Waals surface area contributed by atoms with Crippen LogP contribution in [-0.2, 0) is 14.6 Å². The summed E-state index contributed by atoms with van der Waals surface area (Å²) >= 11 is 11.9. The first-order valence-corrected chi connectivity index (χ1v) is 11.2. The third-order valence-corrected chi connectivity index (χ3v) is 6.48. The van der Waals surface area contributed by atoms with Crippen molar-refractivity contribution >= 4 is 44.6 Å². The van der Waals surface area contributed by atoms with Crippen molar-refractivity contribution in [3.8, 4) is 11.4 Å². The van der Waals surface area contributed by atoms with Crippen molar-refractivity contribution in [2.45, 2.75) is 24.0 Å². The van der Waals surface area contributed by atoms with E-state index in [-0.39, 0.29) is 11.2 Å². The van der Waals surface area contributed by atoms with Crippen molar-refractivity contribution in [3.63, 3.8) is 0 Å². The molecule has 10 heteroatoms. The van der Waals surface area contributed by atoms with Crippen LogP contribution in [0.5, 0.6) is 0 Å². The second-order valence-electron chi connectivity index (χ2n) is 6.70. The van der Waals surface area contributed by atoms with Gasteiger partial charge in [0.2, 0.25) is 15.7 Å². The molecule has 29 heavy (non-hydrogen) atoms.